The van der Waals surface area contributed by atoms with Crippen molar-refractivity contribution in [3.8, 4) is 11.3 Å². The fourth-order valence-electron chi connectivity index (χ4n) is 5.53. The molecule has 1 unspecified atom stereocenters. The third-order valence-corrected chi connectivity index (χ3v) is 7.39. The second kappa shape index (κ2) is 8.71. The van der Waals surface area contributed by atoms with E-state index in [2.05, 4.69) is 15.0 Å². The lowest BCUT2D eigenvalue weighted by Gasteiger charge is -2.39. The Morgan fingerprint density at radius 2 is 1.89 bits per heavy atom. The van der Waals surface area contributed by atoms with Gasteiger partial charge in [-0.25, -0.2) is 18.6 Å². The molecule has 3 aliphatic rings. The van der Waals surface area contributed by atoms with Crippen LogP contribution < -0.4 is 4.90 Å². The van der Waals surface area contributed by atoms with Crippen LogP contribution in [0.2, 0.25) is 0 Å². The first-order chi connectivity index (χ1) is 17.0. The minimum atomic E-state index is -0.990. The molecule has 7 nitrogen and oxygen atoms in total. The molecule has 0 radical (unpaired) electrons. The molecule has 1 aromatic carbocycles. The first-order valence-electron chi connectivity index (χ1n) is 12.0. The second-order valence-electron chi connectivity index (χ2n) is 9.66. The summed E-state index contributed by atoms with van der Waals surface area (Å²) >= 11 is 0. The average molecular weight is 481 g/mol. The summed E-state index contributed by atoms with van der Waals surface area (Å²) in [4.78, 5) is 17.8. The highest BCUT2D eigenvalue weighted by Gasteiger charge is 2.42. The number of benzene rings is 1. The highest BCUT2D eigenvalue weighted by atomic mass is 19.2. The number of pyridine rings is 1. The first kappa shape index (κ1) is 22.2. The molecule has 3 atom stereocenters. The van der Waals surface area contributed by atoms with E-state index in [0.717, 1.165) is 50.4 Å². The number of carboxylic acid groups (broad SMARTS) is 1. The van der Waals surface area contributed by atoms with Crippen molar-refractivity contribution in [1.29, 1.82) is 0 Å². The summed E-state index contributed by atoms with van der Waals surface area (Å²) in [5.41, 5.74) is 1.28. The van der Waals surface area contributed by atoms with Crippen LogP contribution in [-0.2, 0) is 11.3 Å². The van der Waals surface area contributed by atoms with Crippen molar-refractivity contribution in [1.82, 2.24) is 10.1 Å². The maximum Gasteiger partial charge on any atom is 0.337 e. The van der Waals surface area contributed by atoms with E-state index in [-0.39, 0.29) is 41.8 Å². The van der Waals surface area contributed by atoms with Crippen molar-refractivity contribution in [2.75, 3.05) is 4.90 Å². The number of nitrogens with zero attached hydrogens (tertiary/aromatic N) is 3. The molecule has 3 fully saturated rings. The Morgan fingerprint density at radius 1 is 1.11 bits per heavy atom. The van der Waals surface area contributed by atoms with Gasteiger partial charge in [-0.2, -0.15) is 0 Å². The number of hydrogen-bond acceptors (Lipinski definition) is 6. The lowest BCUT2D eigenvalue weighted by atomic mass is 9.99. The van der Waals surface area contributed by atoms with Crippen LogP contribution in [-0.4, -0.2) is 39.4 Å². The maximum absolute atomic E-state index is 14.5. The van der Waals surface area contributed by atoms with Gasteiger partial charge in [0.15, 0.2) is 11.6 Å². The molecule has 35 heavy (non-hydrogen) atoms. The summed E-state index contributed by atoms with van der Waals surface area (Å²) in [6, 6.07) is 7.94. The van der Waals surface area contributed by atoms with Gasteiger partial charge in [-0.3, -0.25) is 0 Å². The molecular weight excluding hydrogens is 456 g/mol. The quantitative estimate of drug-likeness (QED) is 0.489. The van der Waals surface area contributed by atoms with Crippen molar-refractivity contribution in [2.45, 2.75) is 69.2 Å². The Labute approximate surface area is 200 Å². The maximum atomic E-state index is 14.5. The standard InChI is InChI=1S/C26H25F2N3O4/c27-21-3-1-2-19(23(21)28)24-20(25(35-30-24)14-4-5-14)13-34-18-10-16-7-8-17(11-18)31(16)22-9-6-15(12-29-22)26(32)33/h1-3,6,9,12,14,16-18H,4-5,7-8,10-11,13H2,(H,32,33)/t16-,17+,18?. The largest absolute Gasteiger partial charge is 0.478 e. The molecule has 2 bridgehead atoms. The van der Waals surface area contributed by atoms with E-state index in [0.29, 0.717) is 17.0 Å². The summed E-state index contributed by atoms with van der Waals surface area (Å²) in [5, 5.41) is 13.2. The van der Waals surface area contributed by atoms with Crippen LogP contribution in [0.3, 0.4) is 0 Å². The third kappa shape index (κ3) is 4.07. The minimum absolute atomic E-state index is 0.00852. The fraction of sp³-hybridized carbons (Fsp3) is 0.423. The zero-order valence-electron chi connectivity index (χ0n) is 19.0. The fourth-order valence-corrected chi connectivity index (χ4v) is 5.53. The van der Waals surface area contributed by atoms with Gasteiger partial charge < -0.3 is 19.3 Å². The third-order valence-electron chi connectivity index (χ3n) is 7.39. The number of carboxylic acids is 1. The normalized spacial score (nSPS) is 23.6. The van der Waals surface area contributed by atoms with Crippen LogP contribution in [0.15, 0.2) is 41.1 Å². The Kier molecular flexibility index (Phi) is 5.51. The highest BCUT2D eigenvalue weighted by Crippen LogP contribution is 2.45. The number of rotatable bonds is 7. The number of carbonyl (C=O) groups is 1. The summed E-state index contributed by atoms with van der Waals surface area (Å²) in [7, 11) is 0. The van der Waals surface area contributed by atoms with Crippen LogP contribution in [0, 0.1) is 11.6 Å². The predicted molar refractivity (Wildman–Crippen MR) is 122 cm³/mol. The number of anilines is 1. The zero-order chi connectivity index (χ0) is 24.1. The monoisotopic (exact) mass is 481 g/mol. The van der Waals surface area contributed by atoms with E-state index < -0.39 is 17.6 Å². The van der Waals surface area contributed by atoms with Gasteiger partial charge in [-0.15, -0.1) is 0 Å². The smallest absolute Gasteiger partial charge is 0.337 e. The Bertz CT molecular complexity index is 1240. The lowest BCUT2D eigenvalue weighted by molar-refractivity contribution is 0.0146. The predicted octanol–water partition coefficient (Wildman–Crippen LogP) is 5.31. The van der Waals surface area contributed by atoms with E-state index in [1.165, 1.54) is 18.3 Å². The second-order valence-corrected chi connectivity index (χ2v) is 9.66. The number of halogens is 2. The number of ether oxygens (including phenoxy) is 1. The summed E-state index contributed by atoms with van der Waals surface area (Å²) in [6.07, 6.45) is 7.05. The van der Waals surface area contributed by atoms with Crippen molar-refractivity contribution < 1.29 is 27.9 Å². The van der Waals surface area contributed by atoms with Gasteiger partial charge >= 0.3 is 5.97 Å². The molecule has 182 valence electrons. The van der Waals surface area contributed by atoms with Crippen molar-refractivity contribution in [3.05, 3.63) is 65.1 Å². The van der Waals surface area contributed by atoms with Gasteiger partial charge in [-0.1, -0.05) is 11.2 Å². The summed E-state index contributed by atoms with van der Waals surface area (Å²) < 4.78 is 40.3. The molecule has 2 aliphatic heterocycles. The molecule has 0 spiro atoms. The minimum Gasteiger partial charge on any atom is -0.478 e. The van der Waals surface area contributed by atoms with Crippen LogP contribution in [0.4, 0.5) is 14.6 Å². The Balaban J connectivity index is 1.19. The van der Waals surface area contributed by atoms with Gasteiger partial charge in [0.1, 0.15) is 17.3 Å². The van der Waals surface area contributed by atoms with Gasteiger partial charge in [0, 0.05) is 35.3 Å². The Morgan fingerprint density at radius 3 is 2.54 bits per heavy atom. The van der Waals surface area contributed by atoms with Gasteiger partial charge in [-0.05, 0) is 62.8 Å². The molecule has 4 heterocycles. The molecule has 2 aromatic heterocycles. The molecule has 3 aromatic rings. The van der Waals surface area contributed by atoms with Crippen LogP contribution in [0.1, 0.15) is 66.1 Å². The van der Waals surface area contributed by atoms with Crippen molar-refractivity contribution in [3.63, 3.8) is 0 Å². The average Bonchev–Trinajstić information content (AvgIpc) is 3.56. The molecule has 6 rings (SSSR count). The molecule has 2 saturated heterocycles. The van der Waals surface area contributed by atoms with Crippen LogP contribution in [0.5, 0.6) is 0 Å². The number of aromatic carboxylic acids is 1. The lowest BCUT2D eigenvalue weighted by Crippen LogP contribution is -2.46. The topological polar surface area (TPSA) is 88.7 Å². The Hall–Kier alpha value is -3.33. The molecule has 1 saturated carbocycles. The van der Waals surface area contributed by atoms with Crippen molar-refractivity contribution >= 4 is 11.8 Å². The van der Waals surface area contributed by atoms with Gasteiger partial charge in [0.2, 0.25) is 0 Å². The van der Waals surface area contributed by atoms with E-state index in [9.17, 15) is 13.6 Å². The van der Waals surface area contributed by atoms with Crippen LogP contribution in [0.25, 0.3) is 11.3 Å². The van der Waals surface area contributed by atoms with Gasteiger partial charge in [0.05, 0.1) is 18.3 Å². The zero-order valence-corrected chi connectivity index (χ0v) is 19.0. The van der Waals surface area contributed by atoms with Gasteiger partial charge in [0.25, 0.3) is 0 Å². The van der Waals surface area contributed by atoms with E-state index in [4.69, 9.17) is 14.4 Å². The molecule has 1 aliphatic carbocycles. The molecule has 0 amide bonds. The number of piperidine rings is 1. The molecule has 9 heteroatoms. The SMILES string of the molecule is O=C(O)c1ccc(N2[C@@H]3CC[C@H]2CC(OCc2c(-c4cccc(F)c4F)noc2C2CC2)C3)nc1. The summed E-state index contributed by atoms with van der Waals surface area (Å²) in [5.74, 6) is -1.08. The van der Waals surface area contributed by atoms with E-state index in [1.54, 1.807) is 12.1 Å². The van der Waals surface area contributed by atoms with Crippen molar-refractivity contribution in [2.24, 2.45) is 0 Å². The number of hydrogen-bond donors (Lipinski definition) is 1. The van der Waals surface area contributed by atoms with E-state index in [1.807, 2.05) is 0 Å². The van der Waals surface area contributed by atoms with E-state index >= 15 is 0 Å². The molecule has 1 N–H and O–H groups in total. The molecular formula is C26H25F2N3O4. The number of fused-ring (bicyclic) bond motifs is 2. The number of aromatic nitrogens is 2. The summed E-state index contributed by atoms with van der Waals surface area (Å²) in [6.45, 7) is 0.232. The van der Waals surface area contributed by atoms with Crippen LogP contribution >= 0.6 is 0 Å². The highest BCUT2D eigenvalue weighted by molar-refractivity contribution is 5.87. The first-order valence-corrected chi connectivity index (χ1v) is 12.0.